The Balaban J connectivity index is 2.32. The molecule has 35 heavy (non-hydrogen) atoms. The normalized spacial score (nSPS) is 13.3. The fourth-order valence-electron chi connectivity index (χ4n) is 4.60. The van der Waals surface area contributed by atoms with Crippen LogP contribution in [-0.4, -0.2) is 22.7 Å². The second-order valence-electron chi connectivity index (χ2n) is 10.2. The van der Waals surface area contributed by atoms with Crippen LogP contribution in [0.2, 0.25) is 0 Å². The predicted octanol–water partition coefficient (Wildman–Crippen LogP) is 10.3. The van der Waals surface area contributed by atoms with E-state index in [9.17, 15) is 9.46 Å². The van der Waals surface area contributed by atoms with E-state index in [2.05, 4.69) is 13.8 Å². The molecule has 1 rings (SSSR count). The van der Waals surface area contributed by atoms with E-state index in [0.717, 1.165) is 25.7 Å². The first-order valence-electron chi connectivity index (χ1n) is 14.9. The smallest absolute Gasteiger partial charge is 0.413 e. The summed E-state index contributed by atoms with van der Waals surface area (Å²) in [6, 6.07) is 9.07. The van der Waals surface area contributed by atoms with Crippen molar-refractivity contribution in [3.05, 3.63) is 30.3 Å². The molecule has 0 fully saturated rings. The minimum absolute atomic E-state index is 0.467. The molecule has 0 saturated carbocycles. The first-order valence-corrected chi connectivity index (χ1v) is 16.5. The van der Waals surface area contributed by atoms with Crippen LogP contribution in [0.1, 0.15) is 142 Å². The molecule has 0 radical (unpaired) electrons. The van der Waals surface area contributed by atoms with Gasteiger partial charge >= 0.3 is 7.75 Å². The van der Waals surface area contributed by atoms with Crippen LogP contribution in [0.15, 0.2) is 30.3 Å². The summed E-state index contributed by atoms with van der Waals surface area (Å²) in [6.07, 6.45) is 25.3. The van der Waals surface area contributed by atoms with Crippen LogP contribution in [0.4, 0.5) is 0 Å². The molecular formula is C30H56NO3P. The summed E-state index contributed by atoms with van der Waals surface area (Å²) >= 11 is 0. The van der Waals surface area contributed by atoms with Crippen molar-refractivity contribution in [3.8, 4) is 5.75 Å². The molecule has 0 amide bonds. The number of hydrogen-bond acceptors (Lipinski definition) is 2. The largest absolute Gasteiger partial charge is 0.458 e. The van der Waals surface area contributed by atoms with E-state index in [1.54, 1.807) is 16.8 Å². The Labute approximate surface area is 217 Å². The van der Waals surface area contributed by atoms with Crippen molar-refractivity contribution in [2.45, 2.75) is 142 Å². The van der Waals surface area contributed by atoms with Crippen molar-refractivity contribution in [1.82, 2.24) is 4.67 Å². The summed E-state index contributed by atoms with van der Waals surface area (Å²) < 4.78 is 20.4. The van der Waals surface area contributed by atoms with Crippen LogP contribution in [0.3, 0.4) is 0 Å². The van der Waals surface area contributed by atoms with Gasteiger partial charge in [-0.25, -0.2) is 4.57 Å². The van der Waals surface area contributed by atoms with Gasteiger partial charge in [-0.05, 0) is 25.0 Å². The molecule has 0 aliphatic carbocycles. The summed E-state index contributed by atoms with van der Waals surface area (Å²) in [4.78, 5) is 10.8. The third-order valence-electron chi connectivity index (χ3n) is 6.86. The zero-order chi connectivity index (χ0) is 25.5. The summed E-state index contributed by atoms with van der Waals surface area (Å²) in [7, 11) is -3.85. The van der Waals surface area contributed by atoms with Gasteiger partial charge in [-0.1, -0.05) is 148 Å². The van der Waals surface area contributed by atoms with Gasteiger partial charge in [-0.15, -0.1) is 0 Å². The Kier molecular flexibility index (Phi) is 20.6. The average molecular weight is 510 g/mol. The standard InChI is InChI=1S/C30H56NO3P/c1-3-5-7-9-11-13-15-17-19-24-28-31(35(32,33)34-30-26-22-21-23-27-30)29-25-20-18-16-14-12-10-8-6-4-2/h21-23,26-27H,3-20,24-25,28-29H2,1-2H3,(H,32,33). The minimum Gasteiger partial charge on any atom is -0.413 e. The third kappa shape index (κ3) is 18.1. The molecule has 1 atom stereocenters. The zero-order valence-corrected chi connectivity index (χ0v) is 24.0. The number of para-hydroxylation sites is 1. The predicted molar refractivity (Wildman–Crippen MR) is 152 cm³/mol. The molecule has 5 heteroatoms. The van der Waals surface area contributed by atoms with Crippen LogP contribution in [0, 0.1) is 0 Å². The molecule has 1 unspecified atom stereocenters. The Hall–Kier alpha value is -0.830. The van der Waals surface area contributed by atoms with Crippen LogP contribution in [0.25, 0.3) is 0 Å². The van der Waals surface area contributed by atoms with E-state index in [-0.39, 0.29) is 0 Å². The molecule has 0 spiro atoms. The van der Waals surface area contributed by atoms with Gasteiger partial charge in [0.05, 0.1) is 0 Å². The van der Waals surface area contributed by atoms with Crippen LogP contribution in [-0.2, 0) is 4.57 Å². The maximum Gasteiger partial charge on any atom is 0.458 e. The molecule has 4 nitrogen and oxygen atoms in total. The third-order valence-corrected chi connectivity index (χ3v) is 8.43. The number of nitrogens with zero attached hydrogens (tertiary/aromatic N) is 1. The summed E-state index contributed by atoms with van der Waals surface area (Å²) in [5, 5.41) is 0. The first-order chi connectivity index (χ1) is 17.1. The number of rotatable bonds is 25. The summed E-state index contributed by atoms with van der Waals surface area (Å²) in [5.41, 5.74) is 0. The van der Waals surface area contributed by atoms with Gasteiger partial charge in [-0.3, -0.25) is 0 Å². The second kappa shape index (κ2) is 22.4. The van der Waals surface area contributed by atoms with Gasteiger partial charge in [0, 0.05) is 13.1 Å². The van der Waals surface area contributed by atoms with Gasteiger partial charge in [0.25, 0.3) is 0 Å². The molecule has 1 aromatic carbocycles. The topological polar surface area (TPSA) is 49.8 Å². The highest BCUT2D eigenvalue weighted by atomic mass is 31.2. The van der Waals surface area contributed by atoms with Crippen molar-refractivity contribution in [2.75, 3.05) is 13.1 Å². The van der Waals surface area contributed by atoms with Crippen molar-refractivity contribution in [2.24, 2.45) is 0 Å². The lowest BCUT2D eigenvalue weighted by molar-refractivity contribution is 0.268. The van der Waals surface area contributed by atoms with E-state index in [4.69, 9.17) is 4.52 Å². The van der Waals surface area contributed by atoms with E-state index >= 15 is 0 Å². The molecular weight excluding hydrogens is 453 g/mol. The minimum atomic E-state index is -3.85. The SMILES string of the molecule is CCCCCCCCCCCCN(CCCCCCCCCCCC)P(=O)(O)Oc1ccccc1. The molecule has 0 aliphatic heterocycles. The number of unbranched alkanes of at least 4 members (excludes halogenated alkanes) is 18. The van der Waals surface area contributed by atoms with Crippen LogP contribution >= 0.6 is 7.75 Å². The maximum absolute atomic E-state index is 13.1. The van der Waals surface area contributed by atoms with Crippen LogP contribution < -0.4 is 4.52 Å². The molecule has 0 heterocycles. The maximum atomic E-state index is 13.1. The summed E-state index contributed by atoms with van der Waals surface area (Å²) in [6.45, 7) is 5.79. The molecule has 0 aromatic heterocycles. The first kappa shape index (κ1) is 32.2. The Bertz CT molecular complexity index is 601. The zero-order valence-electron chi connectivity index (χ0n) is 23.1. The Morgan fingerprint density at radius 1 is 0.600 bits per heavy atom. The van der Waals surface area contributed by atoms with Gasteiger partial charge in [-0.2, -0.15) is 4.67 Å². The van der Waals surface area contributed by atoms with E-state index in [1.165, 1.54) is 103 Å². The van der Waals surface area contributed by atoms with Gasteiger partial charge in [0.15, 0.2) is 0 Å². The lowest BCUT2D eigenvalue weighted by atomic mass is 10.1. The van der Waals surface area contributed by atoms with E-state index in [0.29, 0.717) is 18.8 Å². The van der Waals surface area contributed by atoms with Gasteiger partial charge in [0.2, 0.25) is 0 Å². The molecule has 204 valence electrons. The van der Waals surface area contributed by atoms with Crippen molar-refractivity contribution in [3.63, 3.8) is 0 Å². The molecule has 0 saturated heterocycles. The average Bonchev–Trinajstić information content (AvgIpc) is 2.85. The lowest BCUT2D eigenvalue weighted by Crippen LogP contribution is -2.25. The lowest BCUT2D eigenvalue weighted by Gasteiger charge is -2.26. The number of benzene rings is 1. The monoisotopic (exact) mass is 509 g/mol. The fraction of sp³-hybridized carbons (Fsp3) is 0.800. The van der Waals surface area contributed by atoms with E-state index in [1.807, 2.05) is 18.2 Å². The Morgan fingerprint density at radius 2 is 0.943 bits per heavy atom. The quantitative estimate of drug-likeness (QED) is 0.105. The molecule has 0 aliphatic rings. The highest BCUT2D eigenvalue weighted by Gasteiger charge is 2.30. The van der Waals surface area contributed by atoms with Crippen molar-refractivity contribution in [1.29, 1.82) is 0 Å². The second-order valence-corrected chi connectivity index (χ2v) is 11.9. The van der Waals surface area contributed by atoms with Gasteiger partial charge < -0.3 is 9.42 Å². The Morgan fingerprint density at radius 3 is 1.31 bits per heavy atom. The van der Waals surface area contributed by atoms with Crippen molar-refractivity contribution < 1.29 is 14.0 Å². The summed E-state index contributed by atoms with van der Waals surface area (Å²) in [5.74, 6) is 0.467. The van der Waals surface area contributed by atoms with Crippen LogP contribution in [0.5, 0.6) is 5.75 Å². The highest BCUT2D eigenvalue weighted by Crippen LogP contribution is 2.47. The van der Waals surface area contributed by atoms with Crippen molar-refractivity contribution >= 4 is 7.75 Å². The number of hydrogen-bond donors (Lipinski definition) is 1. The van der Waals surface area contributed by atoms with E-state index < -0.39 is 7.75 Å². The van der Waals surface area contributed by atoms with Gasteiger partial charge in [0.1, 0.15) is 5.75 Å². The molecule has 0 bridgehead atoms. The highest BCUT2D eigenvalue weighted by molar-refractivity contribution is 7.50. The fourth-order valence-corrected chi connectivity index (χ4v) is 5.90. The molecule has 1 aromatic rings. The molecule has 1 N–H and O–H groups in total.